The second-order valence-corrected chi connectivity index (χ2v) is 8.87. The molecule has 0 fully saturated rings. The van der Waals surface area contributed by atoms with Crippen LogP contribution in [0.1, 0.15) is 38.8 Å². The van der Waals surface area contributed by atoms with Crippen LogP contribution in [0.5, 0.6) is 0 Å². The van der Waals surface area contributed by atoms with Gasteiger partial charge in [-0.3, -0.25) is 4.90 Å². The lowest BCUT2D eigenvalue weighted by atomic mass is 9.98. The fraction of sp³-hybridized carbons (Fsp3) is 0.321. The van der Waals surface area contributed by atoms with Crippen LogP contribution in [0.25, 0.3) is 11.3 Å². The first kappa shape index (κ1) is 23.4. The van der Waals surface area contributed by atoms with E-state index in [2.05, 4.69) is 97.2 Å². The molecule has 0 aliphatic rings. The number of allylic oxidation sites excluding steroid dienone is 1. The maximum atomic E-state index is 5.41. The number of nitrogens with one attached hydrogen (secondary N) is 1. The minimum atomic E-state index is 0.0412. The molecule has 0 saturated heterocycles. The van der Waals surface area contributed by atoms with Crippen LogP contribution < -0.4 is 5.32 Å². The first-order valence-electron chi connectivity index (χ1n) is 11.1. The topological polar surface area (TPSA) is 41.3 Å². The van der Waals surface area contributed by atoms with Gasteiger partial charge >= 0.3 is 0 Å². The lowest BCUT2D eigenvalue weighted by Crippen LogP contribution is -2.22. The van der Waals surface area contributed by atoms with Crippen molar-refractivity contribution in [1.82, 2.24) is 9.88 Å². The molecule has 32 heavy (non-hydrogen) atoms. The van der Waals surface area contributed by atoms with Gasteiger partial charge in [-0.2, -0.15) is 0 Å². The summed E-state index contributed by atoms with van der Waals surface area (Å²) < 4.78 is 5.41. The van der Waals surface area contributed by atoms with Gasteiger partial charge in [-0.15, -0.1) is 0 Å². The van der Waals surface area contributed by atoms with E-state index in [9.17, 15) is 0 Å². The molecule has 1 heterocycles. The smallest absolute Gasteiger partial charge is 0.181 e. The van der Waals surface area contributed by atoms with E-state index in [1.54, 1.807) is 6.20 Å². The molecule has 166 valence electrons. The Morgan fingerprint density at radius 1 is 1.09 bits per heavy atom. The van der Waals surface area contributed by atoms with Gasteiger partial charge in [-0.25, -0.2) is 4.98 Å². The zero-order valence-electron chi connectivity index (χ0n) is 19.6. The average Bonchev–Trinajstić information content (AvgIpc) is 3.31. The first-order valence-corrected chi connectivity index (χ1v) is 11.1. The summed E-state index contributed by atoms with van der Waals surface area (Å²) in [5, 5.41) is 3.54. The van der Waals surface area contributed by atoms with Gasteiger partial charge in [0, 0.05) is 36.3 Å². The molecule has 0 aliphatic heterocycles. The Morgan fingerprint density at radius 2 is 1.91 bits per heavy atom. The highest BCUT2D eigenvalue weighted by atomic mass is 16.3. The molecule has 1 aromatic heterocycles. The van der Waals surface area contributed by atoms with Crippen molar-refractivity contribution in [2.24, 2.45) is 5.41 Å². The highest BCUT2D eigenvalue weighted by molar-refractivity contribution is 5.57. The van der Waals surface area contributed by atoms with Crippen molar-refractivity contribution in [3.05, 3.63) is 84.4 Å². The number of anilines is 1. The van der Waals surface area contributed by atoms with E-state index >= 15 is 0 Å². The van der Waals surface area contributed by atoms with E-state index in [-0.39, 0.29) is 5.41 Å². The average molecular weight is 428 g/mol. The number of rotatable bonds is 9. The number of likely N-dealkylation sites (N-methyl/N-ethyl adjacent to an activating group) is 1. The first-order chi connectivity index (χ1) is 15.4. The summed E-state index contributed by atoms with van der Waals surface area (Å²) in [5.74, 6) is 7.17. The number of hydrogen-bond acceptors (Lipinski definition) is 4. The van der Waals surface area contributed by atoms with Gasteiger partial charge in [0.1, 0.15) is 0 Å². The molecule has 0 amide bonds. The highest BCUT2D eigenvalue weighted by Gasteiger charge is 2.05. The molecule has 4 nitrogen and oxygen atoms in total. The number of benzene rings is 2. The molecule has 0 radical (unpaired) electrons. The van der Waals surface area contributed by atoms with Gasteiger partial charge in [0.15, 0.2) is 12.2 Å². The molecule has 2 aromatic carbocycles. The third-order valence-corrected chi connectivity index (χ3v) is 4.93. The van der Waals surface area contributed by atoms with Crippen LogP contribution in [0.15, 0.2) is 77.7 Å². The summed E-state index contributed by atoms with van der Waals surface area (Å²) in [5.41, 5.74) is 4.69. The zero-order chi connectivity index (χ0) is 22.8. The fourth-order valence-electron chi connectivity index (χ4n) is 3.26. The molecule has 3 aromatic rings. The van der Waals surface area contributed by atoms with Crippen molar-refractivity contribution in [1.29, 1.82) is 0 Å². The Bertz CT molecular complexity index is 1070. The predicted molar refractivity (Wildman–Crippen MR) is 133 cm³/mol. The highest BCUT2D eigenvalue weighted by Crippen LogP contribution is 2.21. The second kappa shape index (κ2) is 11.4. The standard InChI is InChI=1S/C28H33N3O/c1-5-31(16-8-6-7-15-28(2,3)4)21-24-12-10-14-26(18-24)30-19-23-11-9-13-25(17-23)27-20-29-22-32-27/h6,8-14,17-18,20,22,30H,5,16,19,21H2,1-4H3/b8-6+. The van der Waals surface area contributed by atoms with Crippen LogP contribution in [0, 0.1) is 17.3 Å². The quantitative estimate of drug-likeness (QED) is 0.402. The molecule has 4 heteroatoms. The SMILES string of the molecule is CCN(C/C=C/C#CC(C)(C)C)Cc1cccc(NCc2cccc(-c3cnco3)c2)c1. The van der Waals surface area contributed by atoms with Crippen LogP contribution in [0.3, 0.4) is 0 Å². The van der Waals surface area contributed by atoms with E-state index in [0.717, 1.165) is 43.2 Å². The largest absolute Gasteiger partial charge is 0.444 e. The van der Waals surface area contributed by atoms with Crippen molar-refractivity contribution in [3.63, 3.8) is 0 Å². The van der Waals surface area contributed by atoms with Crippen molar-refractivity contribution < 1.29 is 4.42 Å². The van der Waals surface area contributed by atoms with Gasteiger partial charge in [0.05, 0.1) is 6.20 Å². The Balaban J connectivity index is 1.56. The molecular weight excluding hydrogens is 394 g/mol. The summed E-state index contributed by atoms with van der Waals surface area (Å²) in [4.78, 5) is 6.40. The summed E-state index contributed by atoms with van der Waals surface area (Å²) in [6.07, 6.45) is 7.31. The number of hydrogen-bond donors (Lipinski definition) is 1. The van der Waals surface area contributed by atoms with Gasteiger partial charge < -0.3 is 9.73 Å². The Morgan fingerprint density at radius 3 is 2.66 bits per heavy atom. The Kier molecular flexibility index (Phi) is 8.30. The monoisotopic (exact) mass is 427 g/mol. The molecule has 0 saturated carbocycles. The predicted octanol–water partition coefficient (Wildman–Crippen LogP) is 6.38. The van der Waals surface area contributed by atoms with Gasteiger partial charge in [-0.1, -0.05) is 55.2 Å². The third-order valence-electron chi connectivity index (χ3n) is 4.93. The van der Waals surface area contributed by atoms with Crippen molar-refractivity contribution in [2.75, 3.05) is 18.4 Å². The number of aromatic nitrogens is 1. The van der Waals surface area contributed by atoms with Crippen LogP contribution >= 0.6 is 0 Å². The summed E-state index contributed by atoms with van der Waals surface area (Å²) >= 11 is 0. The van der Waals surface area contributed by atoms with Crippen molar-refractivity contribution >= 4 is 5.69 Å². The Hall–Kier alpha value is -3.29. The third kappa shape index (κ3) is 7.76. The molecular formula is C28H33N3O. The molecule has 0 spiro atoms. The molecule has 0 bridgehead atoms. The van der Waals surface area contributed by atoms with Crippen LogP contribution in [-0.4, -0.2) is 23.0 Å². The fourth-order valence-corrected chi connectivity index (χ4v) is 3.26. The molecule has 3 rings (SSSR count). The van der Waals surface area contributed by atoms with Crippen molar-refractivity contribution in [3.8, 4) is 23.2 Å². The van der Waals surface area contributed by atoms with E-state index in [4.69, 9.17) is 4.42 Å². The molecule has 0 unspecified atom stereocenters. The molecule has 0 atom stereocenters. The maximum Gasteiger partial charge on any atom is 0.181 e. The lowest BCUT2D eigenvalue weighted by molar-refractivity contribution is 0.311. The van der Waals surface area contributed by atoms with Crippen LogP contribution in [0.2, 0.25) is 0 Å². The minimum absolute atomic E-state index is 0.0412. The molecule has 0 aliphatic carbocycles. The van der Waals surface area contributed by atoms with E-state index in [1.807, 2.05) is 18.2 Å². The molecule has 1 N–H and O–H groups in total. The van der Waals surface area contributed by atoms with Gasteiger partial charge in [0.2, 0.25) is 0 Å². The van der Waals surface area contributed by atoms with Crippen molar-refractivity contribution in [2.45, 2.75) is 40.8 Å². The number of nitrogens with zero attached hydrogens (tertiary/aromatic N) is 2. The summed E-state index contributed by atoms with van der Waals surface area (Å²) in [6.45, 7) is 12.1. The van der Waals surface area contributed by atoms with Crippen LogP contribution in [-0.2, 0) is 13.1 Å². The van der Waals surface area contributed by atoms with E-state index in [0.29, 0.717) is 0 Å². The Labute approximate surface area is 192 Å². The lowest BCUT2D eigenvalue weighted by Gasteiger charge is -2.19. The van der Waals surface area contributed by atoms with E-state index in [1.165, 1.54) is 17.5 Å². The van der Waals surface area contributed by atoms with E-state index < -0.39 is 0 Å². The van der Waals surface area contributed by atoms with Crippen LogP contribution in [0.4, 0.5) is 5.69 Å². The summed E-state index contributed by atoms with van der Waals surface area (Å²) in [6, 6.07) is 17.0. The van der Waals surface area contributed by atoms with Gasteiger partial charge in [-0.05, 0) is 62.7 Å². The number of oxazole rings is 1. The minimum Gasteiger partial charge on any atom is -0.444 e. The maximum absolute atomic E-state index is 5.41. The zero-order valence-corrected chi connectivity index (χ0v) is 19.6. The second-order valence-electron chi connectivity index (χ2n) is 8.87. The van der Waals surface area contributed by atoms with Gasteiger partial charge in [0.25, 0.3) is 0 Å². The normalized spacial score (nSPS) is 11.5. The summed E-state index contributed by atoms with van der Waals surface area (Å²) in [7, 11) is 0.